The normalized spacial score (nSPS) is 15.3. The quantitative estimate of drug-likeness (QED) is 0.691. The second kappa shape index (κ2) is 3.29. The fourth-order valence-corrected chi connectivity index (χ4v) is 3.56. The van der Waals surface area contributed by atoms with Crippen LogP contribution in [0, 0.1) is 0 Å². The molecule has 2 aromatic rings. The zero-order valence-electron chi connectivity index (χ0n) is 10.3. The molecule has 0 saturated heterocycles. The van der Waals surface area contributed by atoms with Crippen molar-refractivity contribution in [2.75, 3.05) is 11.5 Å². The van der Waals surface area contributed by atoms with E-state index in [0.717, 1.165) is 37.1 Å². The number of anilines is 2. The maximum atomic E-state index is 6.00. The minimum Gasteiger partial charge on any atom is -0.399 e. The molecule has 0 aromatic heterocycles. The molecule has 0 bridgehead atoms. The van der Waals surface area contributed by atoms with Gasteiger partial charge in [0.05, 0.1) is 0 Å². The number of benzene rings is 2. The lowest BCUT2D eigenvalue weighted by molar-refractivity contribution is 0.878. The molecule has 0 unspecified atom stereocenters. The zero-order valence-corrected chi connectivity index (χ0v) is 10.3. The van der Waals surface area contributed by atoms with Crippen LogP contribution in [0.15, 0.2) is 24.3 Å². The smallest absolute Gasteiger partial charge is 0.0319 e. The van der Waals surface area contributed by atoms with Gasteiger partial charge in [-0.05, 0) is 83.3 Å². The molecule has 0 atom stereocenters. The molecule has 0 heterocycles. The van der Waals surface area contributed by atoms with Crippen LogP contribution in [0.2, 0.25) is 0 Å². The molecule has 0 fully saturated rings. The highest BCUT2D eigenvalue weighted by Crippen LogP contribution is 2.44. The molecule has 18 heavy (non-hydrogen) atoms. The largest absolute Gasteiger partial charge is 0.399 e. The lowest BCUT2D eigenvalue weighted by atomic mass is 9.75. The molecule has 0 saturated carbocycles. The first-order valence-corrected chi connectivity index (χ1v) is 6.55. The van der Waals surface area contributed by atoms with Crippen LogP contribution in [0.5, 0.6) is 0 Å². The molecule has 2 aromatic carbocycles. The topological polar surface area (TPSA) is 52.0 Å². The fraction of sp³-hybridized carbons (Fsp3) is 0.250. The summed E-state index contributed by atoms with van der Waals surface area (Å²) in [6.07, 6.45) is 4.35. The third-order valence-corrected chi connectivity index (χ3v) is 4.23. The summed E-state index contributed by atoms with van der Waals surface area (Å²) in [6, 6.07) is 8.58. The van der Waals surface area contributed by atoms with E-state index in [-0.39, 0.29) is 0 Å². The van der Waals surface area contributed by atoms with Gasteiger partial charge in [-0.3, -0.25) is 0 Å². The average molecular weight is 236 g/mol. The van der Waals surface area contributed by atoms with Crippen LogP contribution in [0.4, 0.5) is 11.4 Å². The Morgan fingerprint density at radius 3 is 1.11 bits per heavy atom. The molecule has 2 heteroatoms. The van der Waals surface area contributed by atoms with Crippen molar-refractivity contribution in [2.24, 2.45) is 0 Å². The maximum absolute atomic E-state index is 6.00. The van der Waals surface area contributed by atoms with Gasteiger partial charge >= 0.3 is 0 Å². The number of nitrogen functional groups attached to an aromatic ring is 2. The van der Waals surface area contributed by atoms with E-state index in [1.165, 1.54) is 33.4 Å². The van der Waals surface area contributed by atoms with Crippen molar-refractivity contribution in [2.45, 2.75) is 25.7 Å². The van der Waals surface area contributed by atoms with E-state index in [9.17, 15) is 0 Å². The van der Waals surface area contributed by atoms with Crippen LogP contribution in [-0.2, 0) is 25.7 Å². The molecule has 2 aliphatic rings. The van der Waals surface area contributed by atoms with Gasteiger partial charge in [-0.25, -0.2) is 0 Å². The average Bonchev–Trinajstić information content (AvgIpc) is 2.34. The fourth-order valence-electron chi connectivity index (χ4n) is 3.56. The summed E-state index contributed by atoms with van der Waals surface area (Å²) in [7, 11) is 0. The Morgan fingerprint density at radius 2 is 0.833 bits per heavy atom. The second-order valence-electron chi connectivity index (χ2n) is 5.43. The summed E-state index contributed by atoms with van der Waals surface area (Å²) in [4.78, 5) is 0. The van der Waals surface area contributed by atoms with E-state index in [0.29, 0.717) is 0 Å². The summed E-state index contributed by atoms with van der Waals surface area (Å²) >= 11 is 0. The van der Waals surface area contributed by atoms with Crippen molar-refractivity contribution in [1.82, 2.24) is 0 Å². The van der Waals surface area contributed by atoms with Gasteiger partial charge in [-0.2, -0.15) is 0 Å². The Balaban J connectivity index is 2.10. The lowest BCUT2D eigenvalue weighted by Crippen LogP contribution is -2.15. The third-order valence-electron chi connectivity index (χ3n) is 4.23. The molecular weight excluding hydrogens is 220 g/mol. The van der Waals surface area contributed by atoms with Crippen molar-refractivity contribution in [1.29, 1.82) is 0 Å². The number of aryl methyl sites for hydroxylation is 4. The summed E-state index contributed by atoms with van der Waals surface area (Å²) in [5.41, 5.74) is 22.4. The molecule has 2 nitrogen and oxygen atoms in total. The standard InChI is InChI=1S/C16H16N2/c17-13-5-9-1-2-10-6-14(18)8-12-4-3-11(7-13)15(9)16(10)12/h5-8H,1-4,17-18H2. The summed E-state index contributed by atoms with van der Waals surface area (Å²) in [5.74, 6) is 0. The van der Waals surface area contributed by atoms with Crippen molar-refractivity contribution in [3.8, 4) is 11.1 Å². The Labute approximate surface area is 107 Å². The van der Waals surface area contributed by atoms with E-state index in [1.807, 2.05) is 0 Å². The molecule has 2 aliphatic carbocycles. The van der Waals surface area contributed by atoms with Gasteiger partial charge in [0.2, 0.25) is 0 Å². The first-order chi connectivity index (χ1) is 8.72. The highest BCUT2D eigenvalue weighted by molar-refractivity contribution is 5.83. The first-order valence-electron chi connectivity index (χ1n) is 6.55. The minimum atomic E-state index is 0.908. The highest BCUT2D eigenvalue weighted by Gasteiger charge is 2.26. The number of nitrogens with two attached hydrogens (primary N) is 2. The Kier molecular flexibility index (Phi) is 1.83. The van der Waals surface area contributed by atoms with E-state index in [1.54, 1.807) is 0 Å². The zero-order chi connectivity index (χ0) is 12.3. The van der Waals surface area contributed by atoms with E-state index in [2.05, 4.69) is 24.3 Å². The maximum Gasteiger partial charge on any atom is 0.0319 e. The third kappa shape index (κ3) is 1.23. The lowest BCUT2D eigenvalue weighted by Gasteiger charge is -2.30. The van der Waals surface area contributed by atoms with Gasteiger partial charge < -0.3 is 11.5 Å². The molecule has 90 valence electrons. The monoisotopic (exact) mass is 236 g/mol. The van der Waals surface area contributed by atoms with Crippen LogP contribution in [0.1, 0.15) is 22.3 Å². The van der Waals surface area contributed by atoms with Gasteiger partial charge in [0.25, 0.3) is 0 Å². The highest BCUT2D eigenvalue weighted by atomic mass is 14.6. The van der Waals surface area contributed by atoms with Gasteiger partial charge in [0, 0.05) is 11.4 Å². The van der Waals surface area contributed by atoms with Crippen molar-refractivity contribution in [3.63, 3.8) is 0 Å². The van der Waals surface area contributed by atoms with Crippen LogP contribution in [0.3, 0.4) is 0 Å². The predicted octanol–water partition coefficient (Wildman–Crippen LogP) is 2.72. The van der Waals surface area contributed by atoms with Crippen molar-refractivity contribution in [3.05, 3.63) is 46.5 Å². The Bertz CT molecular complexity index is 561. The number of rotatable bonds is 0. The Hall–Kier alpha value is -1.96. The van der Waals surface area contributed by atoms with Gasteiger partial charge in [0.15, 0.2) is 0 Å². The molecule has 4 rings (SSSR count). The van der Waals surface area contributed by atoms with E-state index in [4.69, 9.17) is 11.5 Å². The molecule has 0 aliphatic heterocycles. The van der Waals surface area contributed by atoms with Crippen molar-refractivity contribution < 1.29 is 0 Å². The van der Waals surface area contributed by atoms with Crippen LogP contribution < -0.4 is 11.5 Å². The molecule has 4 N–H and O–H groups in total. The molecule has 0 radical (unpaired) electrons. The van der Waals surface area contributed by atoms with E-state index >= 15 is 0 Å². The van der Waals surface area contributed by atoms with Crippen LogP contribution >= 0.6 is 0 Å². The van der Waals surface area contributed by atoms with E-state index < -0.39 is 0 Å². The van der Waals surface area contributed by atoms with Crippen LogP contribution in [0.25, 0.3) is 11.1 Å². The predicted molar refractivity (Wildman–Crippen MR) is 75.5 cm³/mol. The second-order valence-corrected chi connectivity index (χ2v) is 5.43. The minimum absolute atomic E-state index is 0.908. The molecule has 0 amide bonds. The number of hydrogen-bond acceptors (Lipinski definition) is 2. The molecular formula is C16H16N2. The SMILES string of the molecule is Nc1cc2c3c(c1)CCc1cc(N)cc(c1-3)CC2. The van der Waals surface area contributed by atoms with Gasteiger partial charge in [0.1, 0.15) is 0 Å². The summed E-state index contributed by atoms with van der Waals surface area (Å²) < 4.78 is 0. The number of hydrogen-bond donors (Lipinski definition) is 2. The summed E-state index contributed by atoms with van der Waals surface area (Å²) in [6.45, 7) is 0. The van der Waals surface area contributed by atoms with Crippen LogP contribution in [-0.4, -0.2) is 0 Å². The first kappa shape index (κ1) is 10.0. The van der Waals surface area contributed by atoms with Crippen molar-refractivity contribution >= 4 is 11.4 Å². The summed E-state index contributed by atoms with van der Waals surface area (Å²) in [5, 5.41) is 0. The Morgan fingerprint density at radius 1 is 0.556 bits per heavy atom. The molecule has 0 spiro atoms. The van der Waals surface area contributed by atoms with Gasteiger partial charge in [-0.1, -0.05) is 0 Å². The van der Waals surface area contributed by atoms with Gasteiger partial charge in [-0.15, -0.1) is 0 Å².